The smallest absolute Gasteiger partial charge is 0.254 e. The van der Waals surface area contributed by atoms with Crippen LogP contribution in [0.15, 0.2) is 47.6 Å². The molecule has 0 N–H and O–H groups in total. The van der Waals surface area contributed by atoms with Gasteiger partial charge in [0.15, 0.2) is 0 Å². The van der Waals surface area contributed by atoms with Gasteiger partial charge in [-0.1, -0.05) is 42.5 Å². The number of fused-ring (bicyclic) bond motifs is 1. The fraction of sp³-hybridized carbons (Fsp3) is 0.353. The fourth-order valence-corrected chi connectivity index (χ4v) is 3.84. The molecule has 5 rings (SSSR count). The van der Waals surface area contributed by atoms with Crippen LogP contribution in [0.1, 0.15) is 18.4 Å². The van der Waals surface area contributed by atoms with Gasteiger partial charge in [-0.3, -0.25) is 9.59 Å². The second-order valence-corrected chi connectivity index (χ2v) is 5.99. The van der Waals surface area contributed by atoms with Crippen molar-refractivity contribution in [2.24, 2.45) is 28.8 Å². The maximum absolute atomic E-state index is 12.5. The maximum atomic E-state index is 12.5. The van der Waals surface area contributed by atoms with E-state index in [2.05, 4.69) is 17.3 Å². The second-order valence-electron chi connectivity index (χ2n) is 5.99. The van der Waals surface area contributed by atoms with E-state index in [9.17, 15) is 9.59 Å². The van der Waals surface area contributed by atoms with Crippen molar-refractivity contribution in [3.05, 3.63) is 48.0 Å². The number of rotatable bonds is 2. The number of hydrazone groups is 1. The lowest BCUT2D eigenvalue weighted by atomic mass is 9.63. The highest BCUT2D eigenvalue weighted by Crippen LogP contribution is 2.49. The van der Waals surface area contributed by atoms with E-state index < -0.39 is 0 Å². The van der Waals surface area contributed by atoms with Gasteiger partial charge in [-0.15, -0.1) is 0 Å². The van der Waals surface area contributed by atoms with Crippen molar-refractivity contribution in [2.75, 3.05) is 0 Å². The van der Waals surface area contributed by atoms with E-state index in [0.717, 1.165) is 23.4 Å². The average Bonchev–Trinajstić information content (AvgIpc) is 2.81. The number of carbonyl (C=O) groups is 2. The Morgan fingerprint density at radius 2 is 1.52 bits per heavy atom. The van der Waals surface area contributed by atoms with Gasteiger partial charge >= 0.3 is 0 Å². The first-order chi connectivity index (χ1) is 10.3. The summed E-state index contributed by atoms with van der Waals surface area (Å²) in [5, 5.41) is 5.26. The van der Waals surface area contributed by atoms with Gasteiger partial charge in [0, 0.05) is 0 Å². The summed E-state index contributed by atoms with van der Waals surface area (Å²) in [6.45, 7) is 0. The van der Waals surface area contributed by atoms with Gasteiger partial charge in [-0.05, 0) is 30.2 Å². The quantitative estimate of drug-likeness (QED) is 0.474. The first-order valence-electron chi connectivity index (χ1n) is 7.41. The summed E-state index contributed by atoms with van der Waals surface area (Å²) < 4.78 is 0. The molecular weight excluding hydrogens is 264 g/mol. The predicted octanol–water partition coefficient (Wildman–Crippen LogP) is 2.22. The molecule has 0 spiro atoms. The Balaban J connectivity index is 1.62. The number of benzene rings is 1. The van der Waals surface area contributed by atoms with Crippen molar-refractivity contribution in [3.8, 4) is 0 Å². The van der Waals surface area contributed by atoms with Crippen molar-refractivity contribution in [3.63, 3.8) is 0 Å². The molecule has 1 heterocycles. The van der Waals surface area contributed by atoms with Crippen LogP contribution in [0.4, 0.5) is 0 Å². The van der Waals surface area contributed by atoms with Gasteiger partial charge in [0.1, 0.15) is 0 Å². The third kappa shape index (κ3) is 1.86. The second kappa shape index (κ2) is 4.65. The molecule has 4 aliphatic rings. The molecule has 1 aromatic rings. The standard InChI is InChI=1S/C17H16N2O2/c20-16-14-12-6-7-13(9-8-12)15(14)17(21)19(16)18-10-11-4-2-1-3-5-11/h1-7,10,12-15H,8-9H2/b18-10-/t12-,13-,14-,15-/m0/s1. The van der Waals surface area contributed by atoms with E-state index in [4.69, 9.17) is 0 Å². The Hall–Kier alpha value is -2.23. The zero-order valence-corrected chi connectivity index (χ0v) is 11.6. The molecule has 1 aliphatic heterocycles. The molecule has 2 amide bonds. The first kappa shape index (κ1) is 12.5. The SMILES string of the molecule is O=C1[C@@H]2[C@@H](C(=O)N1/N=C\c1ccccc1)[C@H]1C=C[C@H]2CC1. The number of nitrogens with zero attached hydrogens (tertiary/aromatic N) is 2. The third-order valence-electron chi connectivity index (χ3n) is 4.86. The van der Waals surface area contributed by atoms with Crippen molar-refractivity contribution in [2.45, 2.75) is 12.8 Å². The molecule has 1 saturated carbocycles. The lowest BCUT2D eigenvalue weighted by Crippen LogP contribution is -2.38. The minimum absolute atomic E-state index is 0.128. The van der Waals surface area contributed by atoms with Crippen LogP contribution >= 0.6 is 0 Å². The van der Waals surface area contributed by atoms with Crippen LogP contribution in [0.25, 0.3) is 0 Å². The largest absolute Gasteiger partial charge is 0.272 e. The van der Waals surface area contributed by atoms with Gasteiger partial charge in [0.25, 0.3) is 11.8 Å². The molecule has 4 atom stereocenters. The molecule has 2 bridgehead atoms. The molecule has 3 aliphatic carbocycles. The summed E-state index contributed by atoms with van der Waals surface area (Å²) in [7, 11) is 0. The minimum atomic E-state index is -0.186. The number of allylic oxidation sites excluding steroid dienone is 2. The van der Waals surface area contributed by atoms with Crippen LogP contribution in [0.2, 0.25) is 0 Å². The zero-order chi connectivity index (χ0) is 14.4. The van der Waals surface area contributed by atoms with E-state index in [0.29, 0.717) is 0 Å². The van der Waals surface area contributed by atoms with Crippen LogP contribution in [0, 0.1) is 23.7 Å². The lowest BCUT2D eigenvalue weighted by molar-refractivity contribution is -0.140. The molecule has 4 heteroatoms. The minimum Gasteiger partial charge on any atom is -0.272 e. The molecule has 0 aromatic heterocycles. The molecule has 21 heavy (non-hydrogen) atoms. The van der Waals surface area contributed by atoms with E-state index in [1.807, 2.05) is 30.3 Å². The summed E-state index contributed by atoms with van der Waals surface area (Å²) in [6, 6.07) is 9.51. The Labute approximate surface area is 123 Å². The van der Waals surface area contributed by atoms with Crippen molar-refractivity contribution in [1.82, 2.24) is 5.01 Å². The molecule has 0 radical (unpaired) electrons. The average molecular weight is 280 g/mol. The third-order valence-corrected chi connectivity index (χ3v) is 4.86. The van der Waals surface area contributed by atoms with E-state index in [-0.39, 0.29) is 35.5 Å². The molecule has 1 saturated heterocycles. The summed E-state index contributed by atoms with van der Waals surface area (Å²) in [5.41, 5.74) is 0.883. The highest BCUT2D eigenvalue weighted by atomic mass is 16.2. The van der Waals surface area contributed by atoms with Crippen LogP contribution in [-0.2, 0) is 9.59 Å². The predicted molar refractivity (Wildman–Crippen MR) is 78.2 cm³/mol. The van der Waals surface area contributed by atoms with Gasteiger partial charge in [0.2, 0.25) is 0 Å². The van der Waals surface area contributed by atoms with Gasteiger partial charge in [-0.2, -0.15) is 10.1 Å². The van der Waals surface area contributed by atoms with Gasteiger partial charge in [0.05, 0.1) is 18.1 Å². The van der Waals surface area contributed by atoms with Crippen LogP contribution in [-0.4, -0.2) is 23.0 Å². The number of carbonyl (C=O) groups excluding carboxylic acids is 2. The summed E-state index contributed by atoms with van der Waals surface area (Å²) in [4.78, 5) is 25.0. The maximum Gasteiger partial charge on any atom is 0.254 e. The highest BCUT2D eigenvalue weighted by molar-refractivity contribution is 6.06. The number of amides is 2. The molecular formula is C17H16N2O2. The Morgan fingerprint density at radius 3 is 2.05 bits per heavy atom. The van der Waals surface area contributed by atoms with Gasteiger partial charge in [-0.25, -0.2) is 0 Å². The van der Waals surface area contributed by atoms with Gasteiger partial charge < -0.3 is 0 Å². The van der Waals surface area contributed by atoms with Crippen LogP contribution in [0.3, 0.4) is 0 Å². The Morgan fingerprint density at radius 1 is 0.952 bits per heavy atom. The van der Waals surface area contributed by atoms with Crippen molar-refractivity contribution in [1.29, 1.82) is 0 Å². The summed E-state index contributed by atoms with van der Waals surface area (Å²) >= 11 is 0. The molecule has 2 fully saturated rings. The molecule has 4 nitrogen and oxygen atoms in total. The highest BCUT2D eigenvalue weighted by Gasteiger charge is 2.56. The fourth-order valence-electron chi connectivity index (χ4n) is 3.84. The van der Waals surface area contributed by atoms with E-state index >= 15 is 0 Å². The molecule has 106 valence electrons. The van der Waals surface area contributed by atoms with Crippen molar-refractivity contribution >= 4 is 18.0 Å². The number of hydrogen-bond donors (Lipinski definition) is 0. The topological polar surface area (TPSA) is 49.7 Å². The summed E-state index contributed by atoms with van der Waals surface area (Å²) in [5.74, 6) is -0.197. The summed E-state index contributed by atoms with van der Waals surface area (Å²) in [6.07, 6.45) is 7.84. The number of hydrogen-bond acceptors (Lipinski definition) is 3. The number of imide groups is 1. The molecule has 1 aromatic carbocycles. The lowest BCUT2D eigenvalue weighted by Gasteiger charge is -2.37. The Kier molecular flexibility index (Phi) is 2.77. The van der Waals surface area contributed by atoms with Crippen molar-refractivity contribution < 1.29 is 9.59 Å². The first-order valence-corrected chi connectivity index (χ1v) is 7.41. The van der Waals surface area contributed by atoms with Crippen LogP contribution < -0.4 is 0 Å². The zero-order valence-electron chi connectivity index (χ0n) is 11.6. The Bertz CT molecular complexity index is 618. The van der Waals surface area contributed by atoms with E-state index in [1.54, 1.807) is 6.21 Å². The normalized spacial score (nSPS) is 34.0. The van der Waals surface area contributed by atoms with Crippen LogP contribution in [0.5, 0.6) is 0 Å². The monoisotopic (exact) mass is 280 g/mol. The van der Waals surface area contributed by atoms with E-state index in [1.165, 1.54) is 0 Å². The molecule has 0 unspecified atom stereocenters.